The average molecular weight is 363 g/mol. The molecule has 3 aromatic heterocycles. The lowest BCUT2D eigenvalue weighted by Gasteiger charge is -2.05. The number of benzene rings is 1. The number of carbonyl (C=O) groups excluding carboxylic acids is 1. The second kappa shape index (κ2) is 5.63. The minimum absolute atomic E-state index is 0.232. The molecule has 0 saturated carbocycles. The van der Waals surface area contributed by atoms with Crippen molar-refractivity contribution in [2.24, 2.45) is 0 Å². The van der Waals surface area contributed by atoms with Gasteiger partial charge < -0.3 is 4.74 Å². The minimum Gasteiger partial charge on any atom is -0.469 e. The fraction of sp³-hybridized carbons (Fsp3) is 0.125. The predicted molar refractivity (Wildman–Crippen MR) is 94.6 cm³/mol. The quantitative estimate of drug-likeness (QED) is 0.498. The van der Waals surface area contributed by atoms with Gasteiger partial charge in [-0.3, -0.25) is 9.20 Å². The summed E-state index contributed by atoms with van der Waals surface area (Å²) < 4.78 is 6.95. The van der Waals surface area contributed by atoms with Gasteiger partial charge in [0.05, 0.1) is 19.2 Å². The first-order chi connectivity index (χ1) is 11.2. The van der Waals surface area contributed by atoms with Crippen LogP contribution in [0.4, 0.5) is 0 Å². The monoisotopic (exact) mass is 362 g/mol. The van der Waals surface area contributed by atoms with Crippen molar-refractivity contribution in [3.8, 4) is 11.3 Å². The molecule has 4 rings (SSSR count). The molecule has 4 aromatic rings. The number of halogens is 1. The summed E-state index contributed by atoms with van der Waals surface area (Å²) in [5.41, 5.74) is 2.96. The molecule has 116 valence electrons. The van der Waals surface area contributed by atoms with Gasteiger partial charge in [0.2, 0.25) is 0 Å². The molecular weight excluding hydrogens is 352 g/mol. The molecule has 0 amide bonds. The van der Waals surface area contributed by atoms with E-state index >= 15 is 0 Å². The maximum atomic E-state index is 11.8. The Hall–Kier alpha value is -1.89. The van der Waals surface area contributed by atoms with Gasteiger partial charge in [0.15, 0.2) is 4.96 Å². The number of hydrogen-bond acceptors (Lipinski definition) is 5. The first-order valence-electron chi connectivity index (χ1n) is 6.87. The largest absolute Gasteiger partial charge is 0.469 e. The SMILES string of the molecule is COC(=O)Cc1sc2nc3ccsc3n2c1-c1ccc(Cl)cc1. The Bertz CT molecular complexity index is 1010. The zero-order valence-corrected chi connectivity index (χ0v) is 14.5. The topological polar surface area (TPSA) is 43.6 Å². The van der Waals surface area contributed by atoms with E-state index in [-0.39, 0.29) is 12.4 Å². The van der Waals surface area contributed by atoms with Crippen LogP contribution in [0, 0.1) is 0 Å². The Kier molecular flexibility index (Phi) is 3.60. The Morgan fingerprint density at radius 1 is 1.30 bits per heavy atom. The van der Waals surface area contributed by atoms with Crippen LogP contribution in [0.15, 0.2) is 35.7 Å². The number of aromatic nitrogens is 2. The van der Waals surface area contributed by atoms with Gasteiger partial charge in [-0.15, -0.1) is 22.7 Å². The fourth-order valence-electron chi connectivity index (χ4n) is 2.56. The number of thiazole rings is 1. The van der Waals surface area contributed by atoms with Crippen molar-refractivity contribution in [3.05, 3.63) is 45.6 Å². The Morgan fingerprint density at radius 2 is 2.09 bits per heavy atom. The molecule has 1 aromatic carbocycles. The summed E-state index contributed by atoms with van der Waals surface area (Å²) in [6, 6.07) is 9.63. The van der Waals surface area contributed by atoms with Crippen LogP contribution in [0.5, 0.6) is 0 Å². The van der Waals surface area contributed by atoms with E-state index in [1.54, 1.807) is 11.3 Å². The molecule has 4 nitrogen and oxygen atoms in total. The molecule has 0 unspecified atom stereocenters. The van der Waals surface area contributed by atoms with Crippen molar-refractivity contribution < 1.29 is 9.53 Å². The predicted octanol–water partition coefficient (Wildman–Crippen LogP) is 4.65. The molecule has 0 N–H and O–H groups in total. The van der Waals surface area contributed by atoms with Gasteiger partial charge in [0.1, 0.15) is 10.3 Å². The smallest absolute Gasteiger partial charge is 0.310 e. The zero-order chi connectivity index (χ0) is 16.0. The van der Waals surface area contributed by atoms with Crippen molar-refractivity contribution in [2.45, 2.75) is 6.42 Å². The molecule has 0 fully saturated rings. The van der Waals surface area contributed by atoms with Gasteiger partial charge in [0, 0.05) is 9.90 Å². The first-order valence-corrected chi connectivity index (χ1v) is 8.95. The molecule has 3 heterocycles. The van der Waals surface area contributed by atoms with Gasteiger partial charge >= 0.3 is 5.97 Å². The number of nitrogens with zero attached hydrogens (tertiary/aromatic N) is 2. The number of thiophene rings is 1. The molecule has 0 aliphatic heterocycles. The first kappa shape index (κ1) is 14.7. The van der Waals surface area contributed by atoms with Crippen LogP contribution < -0.4 is 0 Å². The van der Waals surface area contributed by atoms with Crippen LogP contribution in [0.3, 0.4) is 0 Å². The normalized spacial score (nSPS) is 11.4. The van der Waals surface area contributed by atoms with Crippen LogP contribution >= 0.6 is 34.3 Å². The Morgan fingerprint density at radius 3 is 2.83 bits per heavy atom. The molecule has 0 aliphatic rings. The standard InChI is InChI=1S/C16H11ClN2O2S2/c1-21-13(20)8-12-14(9-2-4-10(17)5-3-9)19-15-11(6-7-22-15)18-16(19)23-12/h2-7H,8H2,1H3. The maximum absolute atomic E-state index is 11.8. The lowest BCUT2D eigenvalue weighted by Crippen LogP contribution is -2.04. The second-order valence-electron chi connectivity index (χ2n) is 4.97. The number of hydrogen-bond donors (Lipinski definition) is 0. The highest BCUT2D eigenvalue weighted by atomic mass is 35.5. The lowest BCUT2D eigenvalue weighted by molar-refractivity contribution is -0.139. The lowest BCUT2D eigenvalue weighted by atomic mass is 10.1. The number of methoxy groups -OCH3 is 1. The van der Waals surface area contributed by atoms with Crippen molar-refractivity contribution >= 4 is 55.6 Å². The number of esters is 1. The zero-order valence-electron chi connectivity index (χ0n) is 12.1. The number of imidazole rings is 1. The van der Waals surface area contributed by atoms with Crippen LogP contribution in [0.2, 0.25) is 5.02 Å². The summed E-state index contributed by atoms with van der Waals surface area (Å²) >= 11 is 9.17. The summed E-state index contributed by atoms with van der Waals surface area (Å²) in [6.07, 6.45) is 0.232. The second-order valence-corrected chi connectivity index (χ2v) is 7.37. The molecule has 7 heteroatoms. The third-order valence-electron chi connectivity index (χ3n) is 3.59. The molecule has 0 radical (unpaired) electrons. The van der Waals surface area contributed by atoms with E-state index < -0.39 is 0 Å². The van der Waals surface area contributed by atoms with E-state index in [1.807, 2.05) is 35.7 Å². The number of ether oxygens (including phenoxy) is 1. The fourth-order valence-corrected chi connectivity index (χ4v) is 4.72. The number of rotatable bonds is 3. The summed E-state index contributed by atoms with van der Waals surface area (Å²) in [6.45, 7) is 0. The van der Waals surface area contributed by atoms with E-state index in [9.17, 15) is 4.79 Å². The minimum atomic E-state index is -0.257. The van der Waals surface area contributed by atoms with E-state index in [0.29, 0.717) is 5.02 Å². The summed E-state index contributed by atoms with van der Waals surface area (Å²) in [7, 11) is 1.40. The number of carbonyl (C=O) groups is 1. The Balaban J connectivity index is 2.00. The van der Waals surface area contributed by atoms with Crippen molar-refractivity contribution in [2.75, 3.05) is 7.11 Å². The average Bonchev–Trinajstić information content (AvgIpc) is 3.19. The Labute approximate surface area is 144 Å². The highest BCUT2D eigenvalue weighted by Crippen LogP contribution is 2.37. The van der Waals surface area contributed by atoms with E-state index in [0.717, 1.165) is 31.4 Å². The van der Waals surface area contributed by atoms with Crippen molar-refractivity contribution in [3.63, 3.8) is 0 Å². The molecule has 0 saturated heterocycles. The van der Waals surface area contributed by atoms with Gasteiger partial charge in [-0.2, -0.15) is 0 Å². The van der Waals surface area contributed by atoms with Gasteiger partial charge in [-0.05, 0) is 29.1 Å². The van der Waals surface area contributed by atoms with Crippen LogP contribution in [0.1, 0.15) is 4.88 Å². The highest BCUT2D eigenvalue weighted by molar-refractivity contribution is 7.19. The molecule has 0 atom stereocenters. The van der Waals surface area contributed by atoms with E-state index in [2.05, 4.69) is 9.38 Å². The molecular formula is C16H11ClN2O2S2. The van der Waals surface area contributed by atoms with E-state index in [1.165, 1.54) is 18.4 Å². The summed E-state index contributed by atoms with van der Waals surface area (Å²) in [4.78, 5) is 19.3. The van der Waals surface area contributed by atoms with Crippen molar-refractivity contribution in [1.29, 1.82) is 0 Å². The summed E-state index contributed by atoms with van der Waals surface area (Å²) in [5.74, 6) is -0.257. The van der Waals surface area contributed by atoms with Gasteiger partial charge in [-0.1, -0.05) is 23.7 Å². The van der Waals surface area contributed by atoms with Crippen LogP contribution in [0.25, 0.3) is 26.6 Å². The molecule has 0 aliphatic carbocycles. The van der Waals surface area contributed by atoms with Gasteiger partial charge in [0.25, 0.3) is 0 Å². The van der Waals surface area contributed by atoms with Crippen LogP contribution in [-0.2, 0) is 16.0 Å². The molecule has 0 spiro atoms. The third-order valence-corrected chi connectivity index (χ3v) is 5.77. The van der Waals surface area contributed by atoms with Gasteiger partial charge in [-0.25, -0.2) is 4.98 Å². The molecule has 0 bridgehead atoms. The van der Waals surface area contributed by atoms with Crippen molar-refractivity contribution in [1.82, 2.24) is 9.38 Å². The third kappa shape index (κ3) is 2.43. The highest BCUT2D eigenvalue weighted by Gasteiger charge is 2.20. The van der Waals surface area contributed by atoms with Crippen LogP contribution in [-0.4, -0.2) is 22.5 Å². The molecule has 23 heavy (non-hydrogen) atoms. The number of fused-ring (bicyclic) bond motifs is 3. The van der Waals surface area contributed by atoms with E-state index in [4.69, 9.17) is 16.3 Å². The maximum Gasteiger partial charge on any atom is 0.310 e. The summed E-state index contributed by atoms with van der Waals surface area (Å²) in [5, 5.41) is 2.70.